The number of anilines is 2. The van der Waals surface area contributed by atoms with Crippen LogP contribution in [0.3, 0.4) is 0 Å². The molecule has 5 heteroatoms. The normalized spacial score (nSPS) is 19.4. The molecule has 0 aromatic heterocycles. The Morgan fingerprint density at radius 1 is 1.37 bits per heavy atom. The summed E-state index contributed by atoms with van der Waals surface area (Å²) >= 11 is 0. The van der Waals surface area contributed by atoms with Gasteiger partial charge in [0.1, 0.15) is 0 Å². The molecule has 4 N–H and O–H groups in total. The molecule has 1 aromatic rings. The van der Waals surface area contributed by atoms with Gasteiger partial charge in [-0.1, -0.05) is 0 Å². The second-order valence-corrected chi connectivity index (χ2v) is 5.10. The fourth-order valence-corrected chi connectivity index (χ4v) is 2.60. The highest BCUT2D eigenvalue weighted by Crippen LogP contribution is 2.21. The van der Waals surface area contributed by atoms with E-state index in [0.29, 0.717) is 29.5 Å². The van der Waals surface area contributed by atoms with Crippen molar-refractivity contribution in [1.82, 2.24) is 4.90 Å². The third-order valence-electron chi connectivity index (χ3n) is 3.43. The molecule has 0 bridgehead atoms. The van der Waals surface area contributed by atoms with Gasteiger partial charge >= 0.3 is 0 Å². The number of carbonyl (C=O) groups is 1. The molecule has 0 aliphatic carbocycles. The summed E-state index contributed by atoms with van der Waals surface area (Å²) in [6.07, 6.45) is 2.12. The van der Waals surface area contributed by atoms with Crippen molar-refractivity contribution in [1.29, 1.82) is 0 Å². The van der Waals surface area contributed by atoms with Gasteiger partial charge in [0.15, 0.2) is 0 Å². The zero-order valence-corrected chi connectivity index (χ0v) is 11.3. The van der Waals surface area contributed by atoms with Gasteiger partial charge in [0.05, 0.1) is 6.61 Å². The predicted octanol–water partition coefficient (Wildman–Crippen LogP) is 1.35. The summed E-state index contributed by atoms with van der Waals surface area (Å²) in [7, 11) is 1.69. The molecule has 1 heterocycles. The van der Waals surface area contributed by atoms with Crippen molar-refractivity contribution < 1.29 is 9.53 Å². The molecule has 2 rings (SSSR count). The fraction of sp³-hybridized carbons (Fsp3) is 0.500. The first kappa shape index (κ1) is 13.7. The predicted molar refractivity (Wildman–Crippen MR) is 75.8 cm³/mol. The molecule has 0 saturated carbocycles. The van der Waals surface area contributed by atoms with Crippen LogP contribution in [-0.4, -0.2) is 37.6 Å². The second-order valence-electron chi connectivity index (χ2n) is 5.10. The molecule has 19 heavy (non-hydrogen) atoms. The maximum atomic E-state index is 12.4. The van der Waals surface area contributed by atoms with E-state index in [1.807, 2.05) is 4.90 Å². The van der Waals surface area contributed by atoms with E-state index in [0.717, 1.165) is 25.9 Å². The van der Waals surface area contributed by atoms with Gasteiger partial charge in [-0.25, -0.2) is 0 Å². The number of benzene rings is 1. The van der Waals surface area contributed by atoms with E-state index in [-0.39, 0.29) is 5.91 Å². The molecule has 1 amide bonds. The van der Waals surface area contributed by atoms with Crippen LogP contribution in [0.15, 0.2) is 18.2 Å². The topological polar surface area (TPSA) is 81.6 Å². The molecule has 104 valence electrons. The number of nitrogen functional groups attached to an aromatic ring is 2. The Morgan fingerprint density at radius 2 is 2.05 bits per heavy atom. The van der Waals surface area contributed by atoms with Gasteiger partial charge in [0.2, 0.25) is 0 Å². The van der Waals surface area contributed by atoms with Gasteiger partial charge in [0.25, 0.3) is 5.91 Å². The molecule has 0 radical (unpaired) electrons. The van der Waals surface area contributed by atoms with Crippen LogP contribution in [0, 0.1) is 5.92 Å². The Labute approximate surface area is 113 Å². The first-order valence-corrected chi connectivity index (χ1v) is 6.54. The van der Waals surface area contributed by atoms with Crippen LogP contribution in [0.4, 0.5) is 11.4 Å². The maximum absolute atomic E-state index is 12.4. The summed E-state index contributed by atoms with van der Waals surface area (Å²) in [6.45, 7) is 2.22. The lowest BCUT2D eigenvalue weighted by atomic mass is 9.98. The zero-order valence-electron chi connectivity index (χ0n) is 11.3. The lowest BCUT2D eigenvalue weighted by Crippen LogP contribution is -2.41. The van der Waals surface area contributed by atoms with Crippen molar-refractivity contribution in [2.24, 2.45) is 5.92 Å². The Balaban J connectivity index is 2.10. The number of carbonyl (C=O) groups excluding carboxylic acids is 1. The third-order valence-corrected chi connectivity index (χ3v) is 3.43. The number of methoxy groups -OCH3 is 1. The van der Waals surface area contributed by atoms with Gasteiger partial charge in [-0.05, 0) is 37.0 Å². The van der Waals surface area contributed by atoms with Crippen LogP contribution < -0.4 is 11.5 Å². The number of hydrogen-bond acceptors (Lipinski definition) is 4. The van der Waals surface area contributed by atoms with Crippen LogP contribution in [0.25, 0.3) is 0 Å². The average molecular weight is 263 g/mol. The summed E-state index contributed by atoms with van der Waals surface area (Å²) < 4.78 is 5.18. The maximum Gasteiger partial charge on any atom is 0.254 e. The van der Waals surface area contributed by atoms with Gasteiger partial charge < -0.3 is 21.1 Å². The molecular formula is C14H21N3O2. The van der Waals surface area contributed by atoms with E-state index in [4.69, 9.17) is 16.2 Å². The summed E-state index contributed by atoms with van der Waals surface area (Å²) in [5.41, 5.74) is 13.1. The van der Waals surface area contributed by atoms with E-state index in [2.05, 4.69) is 0 Å². The smallest absolute Gasteiger partial charge is 0.254 e. The molecule has 0 spiro atoms. The minimum absolute atomic E-state index is 0.000182. The molecule has 5 nitrogen and oxygen atoms in total. The number of likely N-dealkylation sites (tertiary alicyclic amines) is 1. The van der Waals surface area contributed by atoms with Crippen molar-refractivity contribution in [2.45, 2.75) is 12.8 Å². The van der Waals surface area contributed by atoms with Crippen molar-refractivity contribution in [3.8, 4) is 0 Å². The minimum Gasteiger partial charge on any atom is -0.399 e. The summed E-state index contributed by atoms with van der Waals surface area (Å²) in [4.78, 5) is 14.3. The molecule has 1 fully saturated rings. The van der Waals surface area contributed by atoms with Crippen LogP contribution in [0.1, 0.15) is 23.2 Å². The number of nitrogens with two attached hydrogens (primary N) is 2. The first-order chi connectivity index (χ1) is 9.10. The third kappa shape index (κ3) is 3.38. The second kappa shape index (κ2) is 5.93. The van der Waals surface area contributed by atoms with Crippen LogP contribution in [0.2, 0.25) is 0 Å². The Hall–Kier alpha value is -1.75. The molecule has 1 unspecified atom stereocenters. The number of nitrogens with zero attached hydrogens (tertiary/aromatic N) is 1. The molecule has 1 saturated heterocycles. The highest BCUT2D eigenvalue weighted by atomic mass is 16.5. The molecule has 1 atom stereocenters. The number of ether oxygens (including phenoxy) is 1. The summed E-state index contributed by atoms with van der Waals surface area (Å²) in [6, 6.07) is 5.01. The number of rotatable bonds is 3. The van der Waals surface area contributed by atoms with Crippen molar-refractivity contribution in [2.75, 3.05) is 38.3 Å². The van der Waals surface area contributed by atoms with Gasteiger partial charge in [0, 0.05) is 37.1 Å². The first-order valence-electron chi connectivity index (χ1n) is 6.54. The standard InChI is InChI=1S/C14H21N3O2/c1-19-9-10-3-2-4-17(8-10)14(18)11-5-12(15)7-13(16)6-11/h5-7,10H,2-4,8-9,15-16H2,1H3. The summed E-state index contributed by atoms with van der Waals surface area (Å²) in [5.74, 6) is 0.418. The Morgan fingerprint density at radius 3 is 2.68 bits per heavy atom. The Bertz CT molecular complexity index is 440. The lowest BCUT2D eigenvalue weighted by molar-refractivity contribution is 0.0571. The molecular weight excluding hydrogens is 242 g/mol. The van der Waals surface area contributed by atoms with E-state index >= 15 is 0 Å². The number of amides is 1. The quantitative estimate of drug-likeness (QED) is 0.806. The SMILES string of the molecule is COCC1CCCN(C(=O)c2cc(N)cc(N)c2)C1. The molecule has 1 aliphatic rings. The fourth-order valence-electron chi connectivity index (χ4n) is 2.60. The van der Waals surface area contributed by atoms with Crippen LogP contribution in [0.5, 0.6) is 0 Å². The van der Waals surface area contributed by atoms with Crippen molar-refractivity contribution in [3.05, 3.63) is 23.8 Å². The highest BCUT2D eigenvalue weighted by molar-refractivity contribution is 5.96. The van der Waals surface area contributed by atoms with Crippen LogP contribution in [-0.2, 0) is 4.74 Å². The van der Waals surface area contributed by atoms with E-state index < -0.39 is 0 Å². The van der Waals surface area contributed by atoms with Crippen LogP contribution >= 0.6 is 0 Å². The lowest BCUT2D eigenvalue weighted by Gasteiger charge is -2.32. The van der Waals surface area contributed by atoms with Crippen molar-refractivity contribution in [3.63, 3.8) is 0 Å². The minimum atomic E-state index is -0.000182. The van der Waals surface area contributed by atoms with E-state index in [1.54, 1.807) is 25.3 Å². The van der Waals surface area contributed by atoms with Gasteiger partial charge in [-0.2, -0.15) is 0 Å². The van der Waals surface area contributed by atoms with E-state index in [1.165, 1.54) is 0 Å². The van der Waals surface area contributed by atoms with Gasteiger partial charge in [-0.3, -0.25) is 4.79 Å². The number of hydrogen-bond donors (Lipinski definition) is 2. The molecule has 1 aromatic carbocycles. The monoisotopic (exact) mass is 263 g/mol. The van der Waals surface area contributed by atoms with Gasteiger partial charge in [-0.15, -0.1) is 0 Å². The van der Waals surface area contributed by atoms with E-state index in [9.17, 15) is 4.79 Å². The Kier molecular flexibility index (Phi) is 4.27. The number of piperidine rings is 1. The summed E-state index contributed by atoms with van der Waals surface area (Å²) in [5, 5.41) is 0. The molecule has 1 aliphatic heterocycles. The van der Waals surface area contributed by atoms with Crippen molar-refractivity contribution >= 4 is 17.3 Å². The average Bonchev–Trinajstić information content (AvgIpc) is 2.37. The highest BCUT2D eigenvalue weighted by Gasteiger charge is 2.24. The largest absolute Gasteiger partial charge is 0.399 e. The zero-order chi connectivity index (χ0) is 13.8.